The number of hydrogen-bond acceptors (Lipinski definition) is 3. The van der Waals surface area contributed by atoms with Crippen LogP contribution in [0.15, 0.2) is 41.0 Å². The van der Waals surface area contributed by atoms with Crippen LogP contribution in [0, 0.1) is 6.92 Å². The summed E-state index contributed by atoms with van der Waals surface area (Å²) in [6, 6.07) is 9.65. The fourth-order valence-corrected chi connectivity index (χ4v) is 1.67. The first-order valence-electron chi connectivity index (χ1n) is 4.90. The van der Waals surface area contributed by atoms with Gasteiger partial charge in [0.15, 0.2) is 0 Å². The third kappa shape index (κ3) is 2.33. The number of pyridine rings is 1. The lowest BCUT2D eigenvalue weighted by Gasteiger charge is -2.11. The summed E-state index contributed by atoms with van der Waals surface area (Å²) in [6.07, 6.45) is 1.75. The molecule has 1 heterocycles. The van der Waals surface area contributed by atoms with Crippen molar-refractivity contribution in [3.8, 4) is 0 Å². The first kappa shape index (κ1) is 11.0. The van der Waals surface area contributed by atoms with Gasteiger partial charge in [0.05, 0.1) is 11.4 Å². The molecule has 0 aliphatic carbocycles. The molecule has 1 aromatic heterocycles. The van der Waals surface area contributed by atoms with E-state index in [0.29, 0.717) is 0 Å². The van der Waals surface area contributed by atoms with E-state index in [1.807, 2.05) is 37.3 Å². The summed E-state index contributed by atoms with van der Waals surface area (Å²) in [7, 11) is 0. The normalized spacial score (nSPS) is 10.1. The molecule has 3 N–H and O–H groups in total. The number of hydrogen-bond donors (Lipinski definition) is 2. The fraction of sp³-hybridized carbons (Fsp3) is 0.0833. The first-order valence-corrected chi connectivity index (χ1v) is 5.70. The van der Waals surface area contributed by atoms with Gasteiger partial charge in [0.25, 0.3) is 0 Å². The molecular weight excluding hydrogens is 266 g/mol. The first-order chi connectivity index (χ1) is 7.66. The average molecular weight is 278 g/mol. The molecule has 0 aliphatic rings. The molecule has 0 aliphatic heterocycles. The average Bonchev–Trinajstić information content (AvgIpc) is 2.26. The van der Waals surface area contributed by atoms with Crippen molar-refractivity contribution in [2.24, 2.45) is 0 Å². The Morgan fingerprint density at radius 3 is 2.69 bits per heavy atom. The van der Waals surface area contributed by atoms with Crippen LogP contribution in [0.3, 0.4) is 0 Å². The Bertz CT molecular complexity index is 474. The van der Waals surface area contributed by atoms with Crippen LogP contribution in [0.4, 0.5) is 17.2 Å². The minimum Gasteiger partial charge on any atom is -0.397 e. The number of halogens is 1. The Labute approximate surface area is 103 Å². The number of para-hydroxylation sites is 1. The van der Waals surface area contributed by atoms with Gasteiger partial charge in [-0.2, -0.15) is 0 Å². The molecule has 0 saturated heterocycles. The van der Waals surface area contributed by atoms with Gasteiger partial charge in [0.2, 0.25) is 0 Å². The highest BCUT2D eigenvalue weighted by Crippen LogP contribution is 2.26. The van der Waals surface area contributed by atoms with Crippen LogP contribution in [-0.2, 0) is 0 Å². The third-order valence-electron chi connectivity index (χ3n) is 2.29. The van der Waals surface area contributed by atoms with E-state index in [0.717, 1.165) is 27.2 Å². The van der Waals surface area contributed by atoms with Crippen LogP contribution >= 0.6 is 15.9 Å². The molecule has 0 unspecified atom stereocenters. The van der Waals surface area contributed by atoms with E-state index in [1.165, 1.54) is 0 Å². The van der Waals surface area contributed by atoms with Crippen LogP contribution in [0.25, 0.3) is 0 Å². The van der Waals surface area contributed by atoms with Gasteiger partial charge in [-0.25, -0.2) is 4.98 Å². The number of aryl methyl sites for hydroxylation is 1. The second-order valence-electron chi connectivity index (χ2n) is 3.53. The SMILES string of the molecule is Cc1cccc(N)c1Nc1ccc(Br)cn1. The molecule has 0 saturated carbocycles. The fourth-order valence-electron chi connectivity index (χ4n) is 1.44. The lowest BCUT2D eigenvalue weighted by Crippen LogP contribution is -1.99. The van der Waals surface area contributed by atoms with Crippen molar-refractivity contribution in [3.05, 3.63) is 46.6 Å². The van der Waals surface area contributed by atoms with Gasteiger partial charge < -0.3 is 11.1 Å². The molecule has 82 valence electrons. The Morgan fingerprint density at radius 2 is 2.06 bits per heavy atom. The maximum atomic E-state index is 5.90. The van der Waals surface area contributed by atoms with Crippen LogP contribution < -0.4 is 11.1 Å². The quantitative estimate of drug-likeness (QED) is 0.827. The Kier molecular flexibility index (Phi) is 3.10. The number of aromatic nitrogens is 1. The minimum absolute atomic E-state index is 0.727. The van der Waals surface area contributed by atoms with Gasteiger partial charge in [-0.1, -0.05) is 12.1 Å². The van der Waals surface area contributed by atoms with Crippen molar-refractivity contribution >= 4 is 33.1 Å². The van der Waals surface area contributed by atoms with Crippen LogP contribution in [0.2, 0.25) is 0 Å². The molecule has 2 rings (SSSR count). The standard InChI is InChI=1S/C12H12BrN3/c1-8-3-2-4-10(14)12(8)16-11-6-5-9(13)7-15-11/h2-7H,14H2,1H3,(H,15,16). The van der Waals surface area contributed by atoms with E-state index >= 15 is 0 Å². The van der Waals surface area contributed by atoms with Gasteiger partial charge >= 0.3 is 0 Å². The number of nitrogen functional groups attached to an aromatic ring is 1. The topological polar surface area (TPSA) is 50.9 Å². The van der Waals surface area contributed by atoms with Gasteiger partial charge in [-0.05, 0) is 46.6 Å². The van der Waals surface area contributed by atoms with Crippen molar-refractivity contribution in [2.75, 3.05) is 11.1 Å². The molecule has 3 nitrogen and oxygen atoms in total. The van der Waals surface area contributed by atoms with Crippen molar-refractivity contribution in [1.29, 1.82) is 0 Å². The highest BCUT2D eigenvalue weighted by molar-refractivity contribution is 9.10. The molecule has 16 heavy (non-hydrogen) atoms. The predicted molar refractivity (Wildman–Crippen MR) is 70.8 cm³/mol. The van der Waals surface area contributed by atoms with Crippen LogP contribution in [0.5, 0.6) is 0 Å². The second-order valence-corrected chi connectivity index (χ2v) is 4.44. The molecule has 0 bridgehead atoms. The molecule has 0 fully saturated rings. The van der Waals surface area contributed by atoms with E-state index in [4.69, 9.17) is 5.73 Å². The van der Waals surface area contributed by atoms with E-state index in [-0.39, 0.29) is 0 Å². The number of rotatable bonds is 2. The zero-order valence-corrected chi connectivity index (χ0v) is 10.5. The van der Waals surface area contributed by atoms with E-state index in [1.54, 1.807) is 6.20 Å². The van der Waals surface area contributed by atoms with Gasteiger partial charge in [0, 0.05) is 10.7 Å². The van der Waals surface area contributed by atoms with E-state index in [2.05, 4.69) is 26.2 Å². The number of nitrogens with one attached hydrogen (secondary N) is 1. The Balaban J connectivity index is 2.30. The van der Waals surface area contributed by atoms with Crippen molar-refractivity contribution < 1.29 is 0 Å². The van der Waals surface area contributed by atoms with Gasteiger partial charge in [0.1, 0.15) is 5.82 Å². The maximum absolute atomic E-state index is 5.90. The largest absolute Gasteiger partial charge is 0.397 e. The summed E-state index contributed by atoms with van der Waals surface area (Å²) in [5.74, 6) is 0.782. The van der Waals surface area contributed by atoms with Crippen molar-refractivity contribution in [2.45, 2.75) is 6.92 Å². The number of benzene rings is 1. The lowest BCUT2D eigenvalue weighted by atomic mass is 10.1. The maximum Gasteiger partial charge on any atom is 0.130 e. The van der Waals surface area contributed by atoms with E-state index in [9.17, 15) is 0 Å². The van der Waals surface area contributed by atoms with Crippen molar-refractivity contribution in [3.63, 3.8) is 0 Å². The van der Waals surface area contributed by atoms with Crippen LogP contribution in [-0.4, -0.2) is 4.98 Å². The molecule has 0 amide bonds. The molecule has 0 spiro atoms. The summed E-state index contributed by atoms with van der Waals surface area (Å²) in [5.41, 5.74) is 8.64. The lowest BCUT2D eigenvalue weighted by molar-refractivity contribution is 1.28. The predicted octanol–water partition coefficient (Wildman–Crippen LogP) is 3.48. The minimum atomic E-state index is 0.727. The van der Waals surface area contributed by atoms with Gasteiger partial charge in [-0.3, -0.25) is 0 Å². The number of nitrogens with two attached hydrogens (primary N) is 1. The highest BCUT2D eigenvalue weighted by Gasteiger charge is 2.03. The molecule has 0 radical (unpaired) electrons. The Morgan fingerprint density at radius 1 is 1.25 bits per heavy atom. The van der Waals surface area contributed by atoms with Gasteiger partial charge in [-0.15, -0.1) is 0 Å². The summed E-state index contributed by atoms with van der Waals surface area (Å²) in [5, 5.41) is 3.21. The number of nitrogens with zero attached hydrogens (tertiary/aromatic N) is 1. The summed E-state index contributed by atoms with van der Waals surface area (Å²) >= 11 is 3.34. The molecule has 0 atom stereocenters. The monoisotopic (exact) mass is 277 g/mol. The smallest absolute Gasteiger partial charge is 0.130 e. The molecule has 4 heteroatoms. The zero-order chi connectivity index (χ0) is 11.5. The highest BCUT2D eigenvalue weighted by atomic mass is 79.9. The zero-order valence-electron chi connectivity index (χ0n) is 8.87. The van der Waals surface area contributed by atoms with Crippen LogP contribution in [0.1, 0.15) is 5.56 Å². The molecular formula is C12H12BrN3. The number of anilines is 3. The molecule has 2 aromatic rings. The van der Waals surface area contributed by atoms with E-state index < -0.39 is 0 Å². The third-order valence-corrected chi connectivity index (χ3v) is 2.75. The second kappa shape index (κ2) is 4.53. The van der Waals surface area contributed by atoms with Crippen molar-refractivity contribution in [1.82, 2.24) is 4.98 Å². The Hall–Kier alpha value is -1.55. The summed E-state index contributed by atoms with van der Waals surface area (Å²) < 4.78 is 0.954. The summed E-state index contributed by atoms with van der Waals surface area (Å²) in [6.45, 7) is 2.01. The summed E-state index contributed by atoms with van der Waals surface area (Å²) in [4.78, 5) is 4.24. The molecule has 1 aromatic carbocycles.